The van der Waals surface area contributed by atoms with Gasteiger partial charge < -0.3 is 4.98 Å². The minimum atomic E-state index is 0.512. The Labute approximate surface area is 86.1 Å². The van der Waals surface area contributed by atoms with E-state index in [4.69, 9.17) is 5.26 Å². The summed E-state index contributed by atoms with van der Waals surface area (Å²) in [6, 6.07) is 4.26. The third-order valence-corrected chi connectivity index (χ3v) is 4.99. The Balaban J connectivity index is 2.08. The van der Waals surface area contributed by atoms with E-state index >= 15 is 0 Å². The van der Waals surface area contributed by atoms with Crippen LogP contribution >= 0.6 is 23.5 Å². The topological polar surface area (TPSA) is 39.6 Å². The Hall–Kier alpha value is -0.530. The van der Waals surface area contributed by atoms with Crippen LogP contribution in [0.15, 0.2) is 12.3 Å². The number of aromatic amines is 1. The number of nitriles is 1. The average Bonchev–Trinajstić information content (AvgIpc) is 2.70. The molecule has 2 nitrogen and oxygen atoms in total. The van der Waals surface area contributed by atoms with Gasteiger partial charge in [-0.15, -0.1) is 23.5 Å². The molecular weight excluding hydrogens is 200 g/mol. The maximum Gasteiger partial charge on any atom is 0.0900 e. The SMILES string of the molecule is N#CCc1c[nH]c(C2SCCS2)c1. The van der Waals surface area contributed by atoms with Crippen molar-refractivity contribution in [3.05, 3.63) is 23.5 Å². The summed E-state index contributed by atoms with van der Waals surface area (Å²) in [6.07, 6.45) is 2.45. The second-order valence-corrected chi connectivity index (χ2v) is 5.60. The van der Waals surface area contributed by atoms with Gasteiger partial charge >= 0.3 is 0 Å². The fraction of sp³-hybridized carbons (Fsp3) is 0.444. The molecule has 0 saturated carbocycles. The summed E-state index contributed by atoms with van der Waals surface area (Å²) in [4.78, 5) is 3.24. The molecule has 1 aliphatic heterocycles. The molecule has 0 aromatic carbocycles. The molecule has 0 aliphatic carbocycles. The summed E-state index contributed by atoms with van der Waals surface area (Å²) in [5, 5.41) is 8.52. The molecule has 1 saturated heterocycles. The zero-order valence-electron chi connectivity index (χ0n) is 7.12. The average molecular weight is 210 g/mol. The van der Waals surface area contributed by atoms with Gasteiger partial charge in [0, 0.05) is 23.4 Å². The highest BCUT2D eigenvalue weighted by molar-refractivity contribution is 8.19. The number of rotatable bonds is 2. The first kappa shape index (κ1) is 9.04. The molecule has 0 atom stereocenters. The number of thioether (sulfide) groups is 2. The molecule has 0 amide bonds. The van der Waals surface area contributed by atoms with Crippen LogP contribution in [0.4, 0.5) is 0 Å². The number of hydrogen-bond donors (Lipinski definition) is 1. The van der Waals surface area contributed by atoms with Gasteiger partial charge in [-0.2, -0.15) is 5.26 Å². The minimum absolute atomic E-state index is 0.512. The Morgan fingerprint density at radius 3 is 3.00 bits per heavy atom. The lowest BCUT2D eigenvalue weighted by molar-refractivity contribution is 1.22. The second-order valence-electron chi connectivity index (χ2n) is 2.87. The molecule has 1 aromatic heterocycles. The van der Waals surface area contributed by atoms with Gasteiger partial charge in [-0.3, -0.25) is 0 Å². The number of aromatic nitrogens is 1. The number of hydrogen-bond acceptors (Lipinski definition) is 3. The molecule has 1 N–H and O–H groups in total. The van der Waals surface area contributed by atoms with Crippen molar-refractivity contribution in [2.45, 2.75) is 11.0 Å². The van der Waals surface area contributed by atoms with Crippen LogP contribution in [0.1, 0.15) is 15.8 Å². The molecule has 0 spiro atoms. The molecule has 0 unspecified atom stereocenters. The van der Waals surface area contributed by atoms with Gasteiger partial charge in [0.1, 0.15) is 0 Å². The Bertz CT molecular complexity index is 321. The van der Waals surface area contributed by atoms with Crippen molar-refractivity contribution in [1.82, 2.24) is 4.98 Å². The van der Waals surface area contributed by atoms with E-state index < -0.39 is 0 Å². The fourth-order valence-corrected chi connectivity index (χ4v) is 4.12. The van der Waals surface area contributed by atoms with Crippen LogP contribution in [0, 0.1) is 11.3 Å². The molecule has 68 valence electrons. The van der Waals surface area contributed by atoms with Crippen molar-refractivity contribution < 1.29 is 0 Å². The maximum absolute atomic E-state index is 8.52. The van der Waals surface area contributed by atoms with Crippen LogP contribution in [0.2, 0.25) is 0 Å². The van der Waals surface area contributed by atoms with E-state index in [1.807, 2.05) is 29.7 Å². The second kappa shape index (κ2) is 4.12. The van der Waals surface area contributed by atoms with Crippen LogP contribution in [0.3, 0.4) is 0 Å². The van der Waals surface area contributed by atoms with Crippen LogP contribution in [0.25, 0.3) is 0 Å². The zero-order chi connectivity index (χ0) is 9.10. The van der Waals surface area contributed by atoms with Crippen molar-refractivity contribution in [1.29, 1.82) is 5.26 Å². The lowest BCUT2D eigenvalue weighted by Gasteiger charge is -2.03. The fourth-order valence-electron chi connectivity index (χ4n) is 1.33. The van der Waals surface area contributed by atoms with E-state index in [1.54, 1.807) is 0 Å². The largest absolute Gasteiger partial charge is 0.363 e. The van der Waals surface area contributed by atoms with Gasteiger partial charge in [0.2, 0.25) is 0 Å². The van der Waals surface area contributed by atoms with E-state index in [2.05, 4.69) is 17.1 Å². The number of nitrogens with zero attached hydrogens (tertiary/aromatic N) is 1. The minimum Gasteiger partial charge on any atom is -0.363 e. The molecule has 0 radical (unpaired) electrons. The van der Waals surface area contributed by atoms with E-state index in [0.717, 1.165) is 5.56 Å². The van der Waals surface area contributed by atoms with Crippen LogP contribution < -0.4 is 0 Å². The monoisotopic (exact) mass is 210 g/mol. The van der Waals surface area contributed by atoms with Gasteiger partial charge in [-0.25, -0.2) is 0 Å². The predicted octanol–water partition coefficient (Wildman–Crippen LogP) is 2.56. The third kappa shape index (κ3) is 2.04. The standard InChI is InChI=1S/C9H10N2S2/c10-2-1-7-5-8(11-6-7)9-12-3-4-13-9/h5-6,9,11H,1,3-4H2. The van der Waals surface area contributed by atoms with Gasteiger partial charge in [0.05, 0.1) is 17.1 Å². The van der Waals surface area contributed by atoms with Crippen molar-refractivity contribution >= 4 is 23.5 Å². The molecule has 13 heavy (non-hydrogen) atoms. The first-order valence-electron chi connectivity index (χ1n) is 4.17. The molecule has 2 rings (SSSR count). The van der Waals surface area contributed by atoms with E-state index in [1.165, 1.54) is 17.2 Å². The van der Waals surface area contributed by atoms with Gasteiger partial charge in [0.25, 0.3) is 0 Å². The predicted molar refractivity (Wildman–Crippen MR) is 57.8 cm³/mol. The lowest BCUT2D eigenvalue weighted by atomic mass is 10.2. The van der Waals surface area contributed by atoms with Gasteiger partial charge in [0.15, 0.2) is 0 Å². The molecule has 1 fully saturated rings. The molecule has 4 heteroatoms. The maximum atomic E-state index is 8.52. The number of H-pyrrole nitrogens is 1. The van der Waals surface area contributed by atoms with E-state index in [-0.39, 0.29) is 0 Å². The molecule has 2 heterocycles. The summed E-state index contributed by atoms with van der Waals surface area (Å²) >= 11 is 3.95. The van der Waals surface area contributed by atoms with Crippen LogP contribution in [-0.2, 0) is 6.42 Å². The highest BCUT2D eigenvalue weighted by atomic mass is 32.2. The molecule has 0 bridgehead atoms. The molecular formula is C9H10N2S2. The van der Waals surface area contributed by atoms with Crippen molar-refractivity contribution in [3.63, 3.8) is 0 Å². The van der Waals surface area contributed by atoms with Crippen LogP contribution in [0.5, 0.6) is 0 Å². The highest BCUT2D eigenvalue weighted by Crippen LogP contribution is 2.44. The van der Waals surface area contributed by atoms with E-state index in [0.29, 0.717) is 11.0 Å². The molecule has 1 aromatic rings. The van der Waals surface area contributed by atoms with Gasteiger partial charge in [-0.05, 0) is 11.6 Å². The summed E-state index contributed by atoms with van der Waals surface area (Å²) in [5.74, 6) is 2.48. The number of nitrogens with one attached hydrogen (secondary N) is 1. The summed E-state index contributed by atoms with van der Waals surface area (Å²) in [5.41, 5.74) is 2.36. The van der Waals surface area contributed by atoms with Crippen molar-refractivity contribution in [3.8, 4) is 6.07 Å². The normalized spacial score (nSPS) is 17.5. The lowest BCUT2D eigenvalue weighted by Crippen LogP contribution is -1.82. The van der Waals surface area contributed by atoms with Gasteiger partial charge in [-0.1, -0.05) is 0 Å². The molecule has 1 aliphatic rings. The quantitative estimate of drug-likeness (QED) is 0.815. The summed E-state index contributed by atoms with van der Waals surface area (Å²) in [6.45, 7) is 0. The Kier molecular flexibility index (Phi) is 2.87. The first-order chi connectivity index (χ1) is 6.40. The Morgan fingerprint density at radius 1 is 1.54 bits per heavy atom. The summed E-state index contributed by atoms with van der Waals surface area (Å²) in [7, 11) is 0. The first-order valence-corrected chi connectivity index (χ1v) is 6.27. The smallest absolute Gasteiger partial charge is 0.0900 e. The third-order valence-electron chi connectivity index (χ3n) is 1.92. The highest BCUT2D eigenvalue weighted by Gasteiger charge is 2.19. The van der Waals surface area contributed by atoms with Crippen molar-refractivity contribution in [2.75, 3.05) is 11.5 Å². The summed E-state index contributed by atoms with van der Waals surface area (Å²) < 4.78 is 0.562. The van der Waals surface area contributed by atoms with Crippen molar-refractivity contribution in [2.24, 2.45) is 0 Å². The van der Waals surface area contributed by atoms with E-state index in [9.17, 15) is 0 Å². The van der Waals surface area contributed by atoms with Crippen LogP contribution in [-0.4, -0.2) is 16.5 Å². The zero-order valence-corrected chi connectivity index (χ0v) is 8.75. The Morgan fingerprint density at radius 2 is 2.31 bits per heavy atom.